The van der Waals surface area contributed by atoms with E-state index in [0.717, 1.165) is 34.5 Å². The summed E-state index contributed by atoms with van der Waals surface area (Å²) < 4.78 is 5.53. The molecule has 0 aliphatic heterocycles. The van der Waals surface area contributed by atoms with E-state index in [0.29, 0.717) is 6.61 Å². The molecule has 0 aromatic heterocycles. The van der Waals surface area contributed by atoms with Gasteiger partial charge in [0.1, 0.15) is 5.75 Å². The van der Waals surface area contributed by atoms with E-state index in [9.17, 15) is 4.79 Å². The summed E-state index contributed by atoms with van der Waals surface area (Å²) in [5, 5.41) is 2.88. The molecule has 0 saturated heterocycles. The monoisotopic (exact) mass is 309 g/mol. The molecule has 0 aliphatic rings. The van der Waals surface area contributed by atoms with Crippen molar-refractivity contribution in [3.63, 3.8) is 0 Å². The number of anilines is 1. The van der Waals surface area contributed by atoms with Crippen molar-refractivity contribution in [2.24, 2.45) is 0 Å². The van der Waals surface area contributed by atoms with Crippen LogP contribution in [0.3, 0.4) is 0 Å². The second kappa shape index (κ2) is 8.18. The van der Waals surface area contributed by atoms with Gasteiger partial charge in [-0.3, -0.25) is 4.79 Å². The molecule has 0 heterocycles. The first-order valence-corrected chi connectivity index (χ1v) is 7.87. The normalized spacial score (nSPS) is 10.7. The van der Waals surface area contributed by atoms with Crippen molar-refractivity contribution in [3.8, 4) is 5.75 Å². The molecule has 0 aliphatic carbocycles. The zero-order chi connectivity index (χ0) is 16.7. The lowest BCUT2D eigenvalue weighted by molar-refractivity contribution is -0.111. The molecule has 3 heteroatoms. The smallest absolute Gasteiger partial charge is 0.248 e. The van der Waals surface area contributed by atoms with Crippen LogP contribution in [0.4, 0.5) is 5.69 Å². The van der Waals surface area contributed by atoms with Gasteiger partial charge in [-0.25, -0.2) is 0 Å². The number of ether oxygens (including phenoxy) is 1. The Morgan fingerprint density at radius 1 is 1.09 bits per heavy atom. The first-order valence-electron chi connectivity index (χ1n) is 7.87. The number of hydrogen-bond acceptors (Lipinski definition) is 2. The maximum Gasteiger partial charge on any atom is 0.248 e. The molecule has 0 spiro atoms. The lowest BCUT2D eigenvalue weighted by Gasteiger charge is -2.05. The molecule has 0 unspecified atom stereocenters. The van der Waals surface area contributed by atoms with Crippen molar-refractivity contribution in [2.75, 3.05) is 11.9 Å². The van der Waals surface area contributed by atoms with E-state index in [1.807, 2.05) is 50.2 Å². The summed E-state index contributed by atoms with van der Waals surface area (Å²) in [6, 6.07) is 13.7. The fourth-order valence-electron chi connectivity index (χ4n) is 2.30. The van der Waals surface area contributed by atoms with Crippen molar-refractivity contribution >= 4 is 17.7 Å². The minimum atomic E-state index is -0.138. The van der Waals surface area contributed by atoms with Gasteiger partial charge in [0.05, 0.1) is 6.61 Å². The molecular weight excluding hydrogens is 286 g/mol. The van der Waals surface area contributed by atoms with Gasteiger partial charge < -0.3 is 10.1 Å². The summed E-state index contributed by atoms with van der Waals surface area (Å²) in [4.78, 5) is 12.0. The molecule has 2 rings (SSSR count). The zero-order valence-electron chi connectivity index (χ0n) is 13.9. The lowest BCUT2D eigenvalue weighted by atomic mass is 10.1. The minimum Gasteiger partial charge on any atom is -0.494 e. The second-order valence-corrected chi connectivity index (χ2v) is 5.62. The number of rotatable bonds is 6. The van der Waals surface area contributed by atoms with Gasteiger partial charge in [0.15, 0.2) is 0 Å². The van der Waals surface area contributed by atoms with Crippen LogP contribution in [0.1, 0.15) is 30.0 Å². The Kier molecular flexibility index (Phi) is 5.98. The first kappa shape index (κ1) is 16.8. The van der Waals surface area contributed by atoms with Gasteiger partial charge in [-0.05, 0) is 67.3 Å². The van der Waals surface area contributed by atoms with Crippen molar-refractivity contribution < 1.29 is 9.53 Å². The highest BCUT2D eigenvalue weighted by Crippen LogP contribution is 2.15. The third-order valence-corrected chi connectivity index (χ3v) is 3.27. The molecule has 0 saturated carbocycles. The summed E-state index contributed by atoms with van der Waals surface area (Å²) in [7, 11) is 0. The zero-order valence-corrected chi connectivity index (χ0v) is 13.9. The molecule has 2 aromatic rings. The van der Waals surface area contributed by atoms with E-state index in [4.69, 9.17) is 4.74 Å². The van der Waals surface area contributed by atoms with Gasteiger partial charge in [0.2, 0.25) is 5.91 Å². The third-order valence-electron chi connectivity index (χ3n) is 3.27. The quantitative estimate of drug-likeness (QED) is 0.782. The Bertz CT molecular complexity index is 667. The Balaban J connectivity index is 1.95. The van der Waals surface area contributed by atoms with Crippen LogP contribution in [0, 0.1) is 13.8 Å². The Morgan fingerprint density at radius 3 is 2.35 bits per heavy atom. The van der Waals surface area contributed by atoms with E-state index in [-0.39, 0.29) is 5.91 Å². The molecule has 23 heavy (non-hydrogen) atoms. The average molecular weight is 309 g/mol. The van der Waals surface area contributed by atoms with Gasteiger partial charge in [-0.2, -0.15) is 0 Å². The lowest BCUT2D eigenvalue weighted by Crippen LogP contribution is -2.08. The van der Waals surface area contributed by atoms with Crippen LogP contribution in [-0.4, -0.2) is 12.5 Å². The standard InChI is InChI=1S/C20H23NO2/c1-4-11-23-19-8-5-17(6-9-19)7-10-20(22)21-18-13-15(2)12-16(3)14-18/h5-10,12-14H,4,11H2,1-3H3,(H,21,22)/b10-7+. The van der Waals surface area contributed by atoms with Crippen LogP contribution in [0.5, 0.6) is 5.75 Å². The second-order valence-electron chi connectivity index (χ2n) is 5.62. The van der Waals surface area contributed by atoms with E-state index < -0.39 is 0 Å². The highest BCUT2D eigenvalue weighted by Gasteiger charge is 2.00. The van der Waals surface area contributed by atoms with E-state index in [1.54, 1.807) is 12.2 Å². The van der Waals surface area contributed by atoms with Crippen LogP contribution in [0.15, 0.2) is 48.5 Å². The Morgan fingerprint density at radius 2 is 1.74 bits per heavy atom. The molecule has 3 nitrogen and oxygen atoms in total. The molecule has 0 radical (unpaired) electrons. The summed E-state index contributed by atoms with van der Waals surface area (Å²) in [5.41, 5.74) is 4.05. The van der Waals surface area contributed by atoms with Gasteiger partial charge in [-0.1, -0.05) is 25.1 Å². The van der Waals surface area contributed by atoms with Gasteiger partial charge >= 0.3 is 0 Å². The molecule has 120 valence electrons. The number of nitrogens with one attached hydrogen (secondary N) is 1. The third kappa shape index (κ3) is 5.62. The van der Waals surface area contributed by atoms with Gasteiger partial charge in [0.25, 0.3) is 0 Å². The molecule has 1 N–H and O–H groups in total. The Hall–Kier alpha value is -2.55. The van der Waals surface area contributed by atoms with E-state index in [1.165, 1.54) is 0 Å². The fourth-order valence-corrected chi connectivity index (χ4v) is 2.30. The van der Waals surface area contributed by atoms with Crippen molar-refractivity contribution in [3.05, 3.63) is 65.2 Å². The maximum absolute atomic E-state index is 12.0. The number of amides is 1. The molecule has 0 fully saturated rings. The molecular formula is C20H23NO2. The predicted octanol–water partition coefficient (Wildman–Crippen LogP) is 4.74. The van der Waals surface area contributed by atoms with Crippen LogP contribution < -0.4 is 10.1 Å². The largest absolute Gasteiger partial charge is 0.494 e. The highest BCUT2D eigenvalue weighted by molar-refractivity contribution is 6.02. The molecule has 0 bridgehead atoms. The number of carbonyl (C=O) groups is 1. The predicted molar refractivity (Wildman–Crippen MR) is 95.8 cm³/mol. The fraction of sp³-hybridized carbons (Fsp3) is 0.250. The van der Waals surface area contributed by atoms with Crippen molar-refractivity contribution in [1.29, 1.82) is 0 Å². The van der Waals surface area contributed by atoms with E-state index >= 15 is 0 Å². The SMILES string of the molecule is CCCOc1ccc(/C=C/C(=O)Nc2cc(C)cc(C)c2)cc1. The summed E-state index contributed by atoms with van der Waals surface area (Å²) in [6.45, 7) is 6.82. The van der Waals surface area contributed by atoms with Crippen molar-refractivity contribution in [2.45, 2.75) is 27.2 Å². The minimum absolute atomic E-state index is 0.138. The topological polar surface area (TPSA) is 38.3 Å². The molecule has 2 aromatic carbocycles. The number of hydrogen-bond donors (Lipinski definition) is 1. The van der Waals surface area contributed by atoms with Gasteiger partial charge in [0, 0.05) is 11.8 Å². The number of benzene rings is 2. The van der Waals surface area contributed by atoms with Crippen molar-refractivity contribution in [1.82, 2.24) is 0 Å². The average Bonchev–Trinajstić information content (AvgIpc) is 2.51. The highest BCUT2D eigenvalue weighted by atomic mass is 16.5. The van der Waals surface area contributed by atoms with Gasteiger partial charge in [-0.15, -0.1) is 0 Å². The maximum atomic E-state index is 12.0. The first-order chi connectivity index (χ1) is 11.1. The van der Waals surface area contributed by atoms with E-state index in [2.05, 4.69) is 18.3 Å². The molecule has 0 atom stereocenters. The number of aryl methyl sites for hydroxylation is 2. The summed E-state index contributed by atoms with van der Waals surface area (Å²) in [5.74, 6) is 0.713. The molecule has 1 amide bonds. The van der Waals surface area contributed by atoms with Crippen LogP contribution >= 0.6 is 0 Å². The number of carbonyl (C=O) groups excluding carboxylic acids is 1. The van der Waals surface area contributed by atoms with Crippen LogP contribution in [-0.2, 0) is 4.79 Å². The summed E-state index contributed by atoms with van der Waals surface area (Å²) in [6.07, 6.45) is 4.32. The van der Waals surface area contributed by atoms with Crippen LogP contribution in [0.2, 0.25) is 0 Å². The Labute approximate surface area is 138 Å². The summed E-state index contributed by atoms with van der Waals surface area (Å²) >= 11 is 0. The van der Waals surface area contributed by atoms with Crippen LogP contribution in [0.25, 0.3) is 6.08 Å².